The number of carbonyl (C=O) groups is 1. The second-order valence-corrected chi connectivity index (χ2v) is 1.43. The monoisotopic (exact) mass is 134 g/mol. The number of ketones is 1. The van der Waals surface area contributed by atoms with Crippen LogP contribution in [-0.4, -0.2) is 12.4 Å². The second kappa shape index (κ2) is 3.50. The van der Waals surface area contributed by atoms with Gasteiger partial charge >= 0.3 is 0 Å². The van der Waals surface area contributed by atoms with Crippen molar-refractivity contribution in [1.29, 1.82) is 0 Å². The minimum Gasteiger partial charge on any atom is -0.494 e. The molecule has 0 aromatic carbocycles. The molecule has 1 aliphatic heterocycles. The molecule has 1 rings (SSSR count). The van der Waals surface area contributed by atoms with E-state index in [2.05, 4.69) is 4.74 Å². The third-order valence-corrected chi connectivity index (χ3v) is 0.782. The second-order valence-electron chi connectivity index (χ2n) is 1.43. The fraction of sp³-hybridized carbons (Fsp3) is 0.400. The van der Waals surface area contributed by atoms with E-state index < -0.39 is 0 Å². The molecular weight excluding hydrogens is 128 g/mol. The molecule has 1 heterocycles. The molecule has 0 bridgehead atoms. The van der Waals surface area contributed by atoms with Crippen molar-refractivity contribution in [3.05, 3.63) is 12.3 Å². The Kier molecular flexibility index (Phi) is 3.28. The molecule has 0 atom stereocenters. The topological polar surface area (TPSA) is 26.3 Å². The fourth-order valence-electron chi connectivity index (χ4n) is 0.448. The third-order valence-electron chi connectivity index (χ3n) is 0.782. The van der Waals surface area contributed by atoms with Crippen molar-refractivity contribution in [2.75, 3.05) is 6.61 Å². The quantitative estimate of drug-likeness (QED) is 0.492. The first-order valence-electron chi connectivity index (χ1n) is 2.18. The lowest BCUT2D eigenvalue weighted by Gasteiger charge is -2.01. The Bertz CT molecular complexity index is 109. The van der Waals surface area contributed by atoms with Crippen LogP contribution in [0.1, 0.15) is 6.42 Å². The van der Waals surface area contributed by atoms with Crippen molar-refractivity contribution in [1.82, 2.24) is 0 Å². The highest BCUT2D eigenvalue weighted by molar-refractivity contribution is 5.85. The highest BCUT2D eigenvalue weighted by Gasteiger charge is 2.00. The highest BCUT2D eigenvalue weighted by Crippen LogP contribution is 1.94. The van der Waals surface area contributed by atoms with E-state index in [0.29, 0.717) is 6.42 Å². The Morgan fingerprint density at radius 1 is 1.62 bits per heavy atom. The van der Waals surface area contributed by atoms with Crippen LogP contribution in [0.5, 0.6) is 0 Å². The van der Waals surface area contributed by atoms with E-state index in [4.69, 9.17) is 0 Å². The number of halogens is 1. The maximum Gasteiger partial charge on any atom is 0.174 e. The van der Waals surface area contributed by atoms with Crippen LogP contribution in [0.15, 0.2) is 12.3 Å². The predicted molar refractivity (Wildman–Crippen MR) is 32.0 cm³/mol. The van der Waals surface area contributed by atoms with Gasteiger partial charge < -0.3 is 4.74 Å². The first-order chi connectivity index (χ1) is 3.39. The SMILES string of the molecule is Cl.O=C1CC=COC1. The number of hydrogen-bond acceptors (Lipinski definition) is 2. The van der Waals surface area contributed by atoms with Crippen LogP contribution in [0.4, 0.5) is 0 Å². The zero-order valence-corrected chi connectivity index (χ0v) is 5.11. The Morgan fingerprint density at radius 3 is 2.62 bits per heavy atom. The lowest BCUT2D eigenvalue weighted by molar-refractivity contribution is -0.121. The Balaban J connectivity index is 0.000000490. The summed E-state index contributed by atoms with van der Waals surface area (Å²) in [6, 6.07) is 0. The van der Waals surface area contributed by atoms with Gasteiger partial charge in [0.1, 0.15) is 6.61 Å². The molecule has 0 saturated carbocycles. The first-order valence-corrected chi connectivity index (χ1v) is 2.18. The molecule has 1 aliphatic rings. The highest BCUT2D eigenvalue weighted by atomic mass is 35.5. The summed E-state index contributed by atoms with van der Waals surface area (Å²) in [5.41, 5.74) is 0. The van der Waals surface area contributed by atoms with E-state index in [1.165, 1.54) is 0 Å². The van der Waals surface area contributed by atoms with Crippen LogP contribution in [-0.2, 0) is 9.53 Å². The number of hydrogen-bond donors (Lipinski definition) is 0. The summed E-state index contributed by atoms with van der Waals surface area (Å²) in [6.45, 7) is 0.260. The van der Waals surface area contributed by atoms with Gasteiger partial charge in [-0.1, -0.05) is 0 Å². The molecule has 0 N–H and O–H groups in total. The number of rotatable bonds is 0. The third kappa shape index (κ3) is 1.98. The average Bonchev–Trinajstić information content (AvgIpc) is 1.69. The van der Waals surface area contributed by atoms with Gasteiger partial charge in [-0.05, 0) is 6.08 Å². The minimum absolute atomic E-state index is 0. The fourth-order valence-corrected chi connectivity index (χ4v) is 0.448. The van der Waals surface area contributed by atoms with Gasteiger partial charge in [-0.15, -0.1) is 12.4 Å². The molecule has 0 aromatic heterocycles. The van der Waals surface area contributed by atoms with Gasteiger partial charge in [-0.25, -0.2) is 0 Å². The summed E-state index contributed by atoms with van der Waals surface area (Å²) >= 11 is 0. The van der Waals surface area contributed by atoms with Crippen LogP contribution in [0, 0.1) is 0 Å². The molecule has 0 fully saturated rings. The predicted octanol–water partition coefficient (Wildman–Crippen LogP) is 0.911. The molecule has 0 radical (unpaired) electrons. The Labute approximate surface area is 53.9 Å². The Morgan fingerprint density at radius 2 is 2.38 bits per heavy atom. The molecule has 46 valence electrons. The molecule has 2 nitrogen and oxygen atoms in total. The van der Waals surface area contributed by atoms with Gasteiger partial charge in [-0.3, -0.25) is 4.79 Å². The van der Waals surface area contributed by atoms with E-state index in [1.54, 1.807) is 12.3 Å². The van der Waals surface area contributed by atoms with Crippen LogP contribution in [0.3, 0.4) is 0 Å². The van der Waals surface area contributed by atoms with Crippen LogP contribution >= 0.6 is 12.4 Å². The van der Waals surface area contributed by atoms with Gasteiger partial charge in [0, 0.05) is 6.42 Å². The number of ether oxygens (including phenoxy) is 1. The molecule has 8 heavy (non-hydrogen) atoms. The maximum absolute atomic E-state index is 10.3. The van der Waals surface area contributed by atoms with Crippen molar-refractivity contribution in [2.24, 2.45) is 0 Å². The summed E-state index contributed by atoms with van der Waals surface area (Å²) < 4.78 is 4.65. The van der Waals surface area contributed by atoms with Crippen LogP contribution < -0.4 is 0 Å². The molecule has 0 aromatic rings. The molecule has 0 aliphatic carbocycles. The maximum atomic E-state index is 10.3. The van der Waals surface area contributed by atoms with Crippen LogP contribution in [0.25, 0.3) is 0 Å². The van der Waals surface area contributed by atoms with E-state index in [0.717, 1.165) is 0 Å². The van der Waals surface area contributed by atoms with Crippen molar-refractivity contribution >= 4 is 18.2 Å². The number of Topliss-reactive ketones (excluding diaryl/α,β-unsaturated/α-hetero) is 1. The summed E-state index contributed by atoms with van der Waals surface area (Å²) in [5.74, 6) is 0.155. The molecule has 0 unspecified atom stereocenters. The summed E-state index contributed by atoms with van der Waals surface area (Å²) in [5, 5.41) is 0. The Hall–Kier alpha value is -0.500. The van der Waals surface area contributed by atoms with Crippen molar-refractivity contribution in [2.45, 2.75) is 6.42 Å². The average molecular weight is 135 g/mol. The smallest absolute Gasteiger partial charge is 0.174 e. The summed E-state index contributed by atoms with van der Waals surface area (Å²) in [4.78, 5) is 10.3. The molecule has 3 heteroatoms. The van der Waals surface area contributed by atoms with Gasteiger partial charge in [0.25, 0.3) is 0 Å². The first kappa shape index (κ1) is 7.50. The van der Waals surface area contributed by atoms with Crippen molar-refractivity contribution < 1.29 is 9.53 Å². The van der Waals surface area contributed by atoms with Crippen LogP contribution in [0.2, 0.25) is 0 Å². The van der Waals surface area contributed by atoms with Gasteiger partial charge in [0.05, 0.1) is 6.26 Å². The molecular formula is C5H7ClO2. The number of carbonyl (C=O) groups excluding carboxylic acids is 1. The minimum atomic E-state index is 0. The van der Waals surface area contributed by atoms with E-state index in [9.17, 15) is 4.79 Å². The zero-order valence-electron chi connectivity index (χ0n) is 4.29. The molecule has 0 saturated heterocycles. The van der Waals surface area contributed by atoms with E-state index >= 15 is 0 Å². The van der Waals surface area contributed by atoms with Crippen molar-refractivity contribution in [3.8, 4) is 0 Å². The molecule has 0 amide bonds. The lowest BCUT2D eigenvalue weighted by Crippen LogP contribution is -2.07. The van der Waals surface area contributed by atoms with Gasteiger partial charge in [0.2, 0.25) is 0 Å². The number of allylic oxidation sites excluding steroid dienone is 1. The van der Waals surface area contributed by atoms with Gasteiger partial charge in [0.15, 0.2) is 5.78 Å². The van der Waals surface area contributed by atoms with Gasteiger partial charge in [-0.2, -0.15) is 0 Å². The van der Waals surface area contributed by atoms with E-state index in [1.807, 2.05) is 0 Å². The standard InChI is InChI=1S/C5H6O2.ClH/c6-5-2-1-3-7-4-5;/h1,3H,2,4H2;1H. The molecule has 0 spiro atoms. The largest absolute Gasteiger partial charge is 0.494 e. The van der Waals surface area contributed by atoms with Crippen molar-refractivity contribution in [3.63, 3.8) is 0 Å². The summed E-state index contributed by atoms with van der Waals surface area (Å²) in [6.07, 6.45) is 3.81. The normalized spacial score (nSPS) is 16.8. The lowest BCUT2D eigenvalue weighted by atomic mass is 10.3. The zero-order chi connectivity index (χ0) is 5.11. The van der Waals surface area contributed by atoms with E-state index in [-0.39, 0.29) is 24.8 Å². The summed E-state index contributed by atoms with van der Waals surface area (Å²) in [7, 11) is 0.